The molecule has 3 rings (SSSR count). The van der Waals surface area contributed by atoms with E-state index in [-0.39, 0.29) is 6.04 Å². The van der Waals surface area contributed by atoms with Gasteiger partial charge in [0, 0.05) is 18.0 Å². The molecule has 24 heavy (non-hydrogen) atoms. The molecule has 0 fully saturated rings. The Balaban J connectivity index is 1.52. The lowest BCUT2D eigenvalue weighted by molar-refractivity contribution is 0.629. The summed E-state index contributed by atoms with van der Waals surface area (Å²) in [5.41, 5.74) is 8.30. The van der Waals surface area contributed by atoms with Gasteiger partial charge in [0.15, 0.2) is 0 Å². The number of hydrogen-bond acceptors (Lipinski definition) is 3. The van der Waals surface area contributed by atoms with Crippen LogP contribution in [0.25, 0.3) is 10.9 Å². The summed E-state index contributed by atoms with van der Waals surface area (Å²) >= 11 is 12.0. The number of nitrogens with zero attached hydrogens (tertiary/aromatic N) is 1. The molecule has 0 aliphatic heterocycles. The van der Waals surface area contributed by atoms with E-state index in [9.17, 15) is 0 Å². The molecule has 3 N–H and O–H groups in total. The van der Waals surface area contributed by atoms with Gasteiger partial charge in [0.2, 0.25) is 0 Å². The molecule has 5 heteroatoms. The molecule has 0 amide bonds. The highest BCUT2D eigenvalue weighted by Crippen LogP contribution is 2.23. The molecule has 0 saturated carbocycles. The Kier molecular flexibility index (Phi) is 5.56. The first-order valence-electron chi connectivity index (χ1n) is 7.91. The number of nitrogens with two attached hydrogens (primary N) is 1. The van der Waals surface area contributed by atoms with Crippen LogP contribution in [0.3, 0.4) is 0 Å². The standard InChI is InChI=1S/C19H19Cl2N3/c20-16-7-5-13(12-17(16)21)11-15(22)9-10-23-19-8-6-14-3-1-2-4-18(14)24-19/h1-8,12,15H,9-11,22H2,(H,23,24). The Morgan fingerprint density at radius 2 is 1.83 bits per heavy atom. The Labute approximate surface area is 151 Å². The summed E-state index contributed by atoms with van der Waals surface area (Å²) in [5.74, 6) is 0.871. The van der Waals surface area contributed by atoms with Gasteiger partial charge in [-0.15, -0.1) is 0 Å². The van der Waals surface area contributed by atoms with Gasteiger partial charge >= 0.3 is 0 Å². The van der Waals surface area contributed by atoms with Crippen molar-refractivity contribution in [2.75, 3.05) is 11.9 Å². The molecule has 0 spiro atoms. The van der Waals surface area contributed by atoms with E-state index in [1.54, 1.807) is 0 Å². The van der Waals surface area contributed by atoms with Crippen LogP contribution in [0.5, 0.6) is 0 Å². The number of fused-ring (bicyclic) bond motifs is 1. The highest BCUT2D eigenvalue weighted by Gasteiger charge is 2.06. The van der Waals surface area contributed by atoms with E-state index < -0.39 is 0 Å². The highest BCUT2D eigenvalue weighted by atomic mass is 35.5. The second kappa shape index (κ2) is 7.84. The van der Waals surface area contributed by atoms with Crippen molar-refractivity contribution in [1.82, 2.24) is 4.98 Å². The predicted molar refractivity (Wildman–Crippen MR) is 103 cm³/mol. The monoisotopic (exact) mass is 359 g/mol. The molecule has 1 heterocycles. The van der Waals surface area contributed by atoms with Gasteiger partial charge in [-0.05, 0) is 48.7 Å². The summed E-state index contributed by atoms with van der Waals surface area (Å²) in [6.07, 6.45) is 1.61. The van der Waals surface area contributed by atoms with Crippen molar-refractivity contribution < 1.29 is 0 Å². The molecule has 0 bridgehead atoms. The van der Waals surface area contributed by atoms with Crippen LogP contribution in [-0.2, 0) is 6.42 Å². The van der Waals surface area contributed by atoms with Gasteiger partial charge < -0.3 is 11.1 Å². The van der Waals surface area contributed by atoms with E-state index in [0.29, 0.717) is 10.0 Å². The zero-order valence-corrected chi connectivity index (χ0v) is 14.7. The first-order valence-corrected chi connectivity index (χ1v) is 8.66. The summed E-state index contributed by atoms with van der Waals surface area (Å²) in [6, 6.07) is 17.8. The zero-order valence-electron chi connectivity index (χ0n) is 13.2. The van der Waals surface area contributed by atoms with Crippen LogP contribution in [0.4, 0.5) is 5.82 Å². The molecule has 0 aliphatic carbocycles. The molecule has 124 valence electrons. The van der Waals surface area contributed by atoms with Gasteiger partial charge in [0.25, 0.3) is 0 Å². The maximum absolute atomic E-state index is 6.21. The van der Waals surface area contributed by atoms with Gasteiger partial charge in [-0.25, -0.2) is 4.98 Å². The molecule has 0 saturated heterocycles. The Morgan fingerprint density at radius 1 is 1.00 bits per heavy atom. The number of anilines is 1. The predicted octanol–water partition coefficient (Wildman–Crippen LogP) is 4.91. The van der Waals surface area contributed by atoms with E-state index in [1.165, 1.54) is 0 Å². The van der Waals surface area contributed by atoms with Crippen LogP contribution < -0.4 is 11.1 Å². The van der Waals surface area contributed by atoms with Crippen LogP contribution in [-0.4, -0.2) is 17.6 Å². The number of pyridine rings is 1. The average Bonchev–Trinajstić information content (AvgIpc) is 2.58. The highest BCUT2D eigenvalue weighted by molar-refractivity contribution is 6.42. The number of hydrogen-bond donors (Lipinski definition) is 2. The number of rotatable bonds is 6. The van der Waals surface area contributed by atoms with E-state index in [1.807, 2.05) is 42.5 Å². The molecule has 2 aromatic carbocycles. The molecular weight excluding hydrogens is 341 g/mol. The lowest BCUT2D eigenvalue weighted by Gasteiger charge is -2.13. The number of halogens is 2. The summed E-state index contributed by atoms with van der Waals surface area (Å²) in [6.45, 7) is 0.772. The van der Waals surface area contributed by atoms with Gasteiger partial charge in [-0.3, -0.25) is 0 Å². The van der Waals surface area contributed by atoms with Crippen LogP contribution in [0.1, 0.15) is 12.0 Å². The normalized spacial score (nSPS) is 12.3. The summed E-state index contributed by atoms with van der Waals surface area (Å²) in [7, 11) is 0. The van der Waals surface area contributed by atoms with E-state index in [0.717, 1.165) is 41.7 Å². The van der Waals surface area contributed by atoms with Gasteiger partial charge in [0.1, 0.15) is 5.82 Å². The maximum atomic E-state index is 6.21. The third-order valence-electron chi connectivity index (χ3n) is 3.90. The molecular formula is C19H19Cl2N3. The third kappa shape index (κ3) is 4.38. The molecule has 1 unspecified atom stereocenters. The molecule has 3 aromatic rings. The van der Waals surface area contributed by atoms with Gasteiger partial charge in [-0.1, -0.05) is 47.5 Å². The minimum Gasteiger partial charge on any atom is -0.370 e. The van der Waals surface area contributed by atoms with Crippen molar-refractivity contribution in [3.8, 4) is 0 Å². The smallest absolute Gasteiger partial charge is 0.126 e. The fourth-order valence-corrected chi connectivity index (χ4v) is 2.94. The minimum absolute atomic E-state index is 0.0511. The van der Waals surface area contributed by atoms with Crippen molar-refractivity contribution in [2.45, 2.75) is 18.9 Å². The second-order valence-electron chi connectivity index (χ2n) is 5.82. The number of benzene rings is 2. The summed E-state index contributed by atoms with van der Waals surface area (Å²) in [4.78, 5) is 4.59. The minimum atomic E-state index is 0.0511. The van der Waals surface area contributed by atoms with Crippen LogP contribution in [0.15, 0.2) is 54.6 Å². The average molecular weight is 360 g/mol. The first kappa shape index (κ1) is 17.0. The third-order valence-corrected chi connectivity index (χ3v) is 4.64. The van der Waals surface area contributed by atoms with Crippen molar-refractivity contribution in [3.05, 3.63) is 70.2 Å². The van der Waals surface area contributed by atoms with E-state index >= 15 is 0 Å². The quantitative estimate of drug-likeness (QED) is 0.656. The Bertz CT molecular complexity index is 836. The van der Waals surface area contributed by atoms with Crippen molar-refractivity contribution in [2.24, 2.45) is 5.73 Å². The maximum Gasteiger partial charge on any atom is 0.126 e. The van der Waals surface area contributed by atoms with Crippen LogP contribution in [0, 0.1) is 0 Å². The van der Waals surface area contributed by atoms with Gasteiger partial charge in [-0.2, -0.15) is 0 Å². The Hall–Kier alpha value is -1.81. The molecule has 3 nitrogen and oxygen atoms in total. The van der Waals surface area contributed by atoms with Crippen LogP contribution in [0.2, 0.25) is 10.0 Å². The first-order chi connectivity index (χ1) is 11.6. The number of nitrogens with one attached hydrogen (secondary N) is 1. The van der Waals surface area contributed by atoms with Crippen molar-refractivity contribution in [1.29, 1.82) is 0 Å². The fourth-order valence-electron chi connectivity index (χ4n) is 2.62. The summed E-state index contributed by atoms with van der Waals surface area (Å²) < 4.78 is 0. The summed E-state index contributed by atoms with van der Waals surface area (Å²) in [5, 5.41) is 5.61. The van der Waals surface area contributed by atoms with E-state index in [2.05, 4.69) is 22.4 Å². The SMILES string of the molecule is NC(CCNc1ccc2ccccc2n1)Cc1ccc(Cl)c(Cl)c1. The topological polar surface area (TPSA) is 50.9 Å². The lowest BCUT2D eigenvalue weighted by Crippen LogP contribution is -2.26. The molecule has 1 atom stereocenters. The van der Waals surface area contributed by atoms with Crippen molar-refractivity contribution in [3.63, 3.8) is 0 Å². The number of para-hydroxylation sites is 1. The van der Waals surface area contributed by atoms with Crippen LogP contribution >= 0.6 is 23.2 Å². The van der Waals surface area contributed by atoms with Gasteiger partial charge in [0.05, 0.1) is 15.6 Å². The molecule has 0 radical (unpaired) electrons. The van der Waals surface area contributed by atoms with Crippen molar-refractivity contribution >= 4 is 39.9 Å². The zero-order chi connectivity index (χ0) is 16.9. The Morgan fingerprint density at radius 3 is 2.67 bits per heavy atom. The largest absolute Gasteiger partial charge is 0.370 e. The lowest BCUT2D eigenvalue weighted by atomic mass is 10.0. The second-order valence-corrected chi connectivity index (χ2v) is 6.63. The molecule has 0 aliphatic rings. The molecule has 1 aromatic heterocycles. The fraction of sp³-hybridized carbons (Fsp3) is 0.211. The number of aromatic nitrogens is 1. The van der Waals surface area contributed by atoms with E-state index in [4.69, 9.17) is 28.9 Å².